The first kappa shape index (κ1) is 24.9. The van der Waals surface area contributed by atoms with Crippen LogP contribution in [0.3, 0.4) is 0 Å². The largest absolute Gasteiger partial charge is 0.344 e. The third-order valence-corrected chi connectivity index (χ3v) is 7.21. The number of ketones is 1. The zero-order valence-corrected chi connectivity index (χ0v) is 21.5. The maximum absolute atomic E-state index is 13.6. The molecule has 0 aliphatic heterocycles. The number of aromatic nitrogens is 4. The Morgan fingerprint density at radius 3 is 2.40 bits per heavy atom. The number of hydrogen-bond acceptors (Lipinski definition) is 5. The van der Waals surface area contributed by atoms with Gasteiger partial charge in [0, 0.05) is 29.2 Å². The molecule has 0 N–H and O–H groups in total. The van der Waals surface area contributed by atoms with E-state index in [1.54, 1.807) is 12.1 Å². The van der Waals surface area contributed by atoms with Crippen LogP contribution in [0.2, 0.25) is 0 Å². The van der Waals surface area contributed by atoms with E-state index in [1.807, 2.05) is 68.6 Å². The molecule has 4 aromatic rings. The van der Waals surface area contributed by atoms with Gasteiger partial charge >= 0.3 is 0 Å². The molecule has 2 heterocycles. The molecular formula is C27H30FN5OS. The van der Waals surface area contributed by atoms with E-state index in [4.69, 9.17) is 0 Å². The zero-order chi connectivity index (χ0) is 25.1. The SMILES string of the molecule is Cc1cc(C(=O)CSc2nnc(C(C)N(C)C)n2-c2ccc(F)cc2)c(C)n1Cc1ccccc1. The second kappa shape index (κ2) is 10.6. The topological polar surface area (TPSA) is 56.0 Å². The van der Waals surface area contributed by atoms with Crippen LogP contribution in [-0.4, -0.2) is 49.9 Å². The first-order valence-corrected chi connectivity index (χ1v) is 12.5. The molecular weight excluding hydrogens is 461 g/mol. The Labute approximate surface area is 209 Å². The third kappa shape index (κ3) is 5.39. The van der Waals surface area contributed by atoms with Crippen molar-refractivity contribution in [2.24, 2.45) is 0 Å². The van der Waals surface area contributed by atoms with Gasteiger partial charge < -0.3 is 4.57 Å². The van der Waals surface area contributed by atoms with Crippen molar-refractivity contribution in [3.8, 4) is 5.69 Å². The lowest BCUT2D eigenvalue weighted by atomic mass is 10.2. The molecule has 2 aromatic heterocycles. The summed E-state index contributed by atoms with van der Waals surface area (Å²) in [5, 5.41) is 9.40. The second-order valence-electron chi connectivity index (χ2n) is 8.86. The van der Waals surface area contributed by atoms with E-state index in [2.05, 4.69) is 26.9 Å². The number of carbonyl (C=O) groups is 1. The van der Waals surface area contributed by atoms with Crippen LogP contribution in [-0.2, 0) is 6.54 Å². The molecule has 0 fully saturated rings. The Morgan fingerprint density at radius 2 is 1.74 bits per heavy atom. The molecule has 0 saturated carbocycles. The van der Waals surface area contributed by atoms with Gasteiger partial charge in [-0.1, -0.05) is 42.1 Å². The van der Waals surface area contributed by atoms with Gasteiger partial charge in [-0.15, -0.1) is 10.2 Å². The molecule has 1 unspecified atom stereocenters. The molecule has 0 aliphatic carbocycles. The van der Waals surface area contributed by atoms with E-state index in [0.29, 0.717) is 5.16 Å². The normalized spacial score (nSPS) is 12.3. The first-order valence-electron chi connectivity index (χ1n) is 11.5. The van der Waals surface area contributed by atoms with Crippen LogP contribution < -0.4 is 0 Å². The molecule has 8 heteroatoms. The van der Waals surface area contributed by atoms with Gasteiger partial charge in [-0.2, -0.15) is 0 Å². The van der Waals surface area contributed by atoms with E-state index in [0.717, 1.165) is 35.0 Å². The number of carbonyl (C=O) groups excluding carboxylic acids is 1. The highest BCUT2D eigenvalue weighted by Crippen LogP contribution is 2.28. The number of Topliss-reactive ketones (excluding diaryl/α,β-unsaturated/α-hetero) is 1. The quantitative estimate of drug-likeness (QED) is 0.230. The smallest absolute Gasteiger partial charge is 0.196 e. The van der Waals surface area contributed by atoms with Crippen molar-refractivity contribution in [1.29, 1.82) is 0 Å². The Bertz CT molecular complexity index is 1310. The van der Waals surface area contributed by atoms with Crippen molar-refractivity contribution in [2.75, 3.05) is 19.8 Å². The summed E-state index contributed by atoms with van der Waals surface area (Å²) < 4.78 is 17.6. The number of aryl methyl sites for hydroxylation is 1. The molecule has 35 heavy (non-hydrogen) atoms. The lowest BCUT2D eigenvalue weighted by Crippen LogP contribution is -2.20. The van der Waals surface area contributed by atoms with Crippen molar-refractivity contribution < 1.29 is 9.18 Å². The number of halogens is 1. The van der Waals surface area contributed by atoms with Gasteiger partial charge in [0.25, 0.3) is 0 Å². The van der Waals surface area contributed by atoms with Crippen LogP contribution >= 0.6 is 11.8 Å². The zero-order valence-electron chi connectivity index (χ0n) is 20.7. The Morgan fingerprint density at radius 1 is 1.06 bits per heavy atom. The Balaban J connectivity index is 1.58. The molecule has 1 atom stereocenters. The number of benzene rings is 2. The van der Waals surface area contributed by atoms with Gasteiger partial charge in [0.05, 0.1) is 11.8 Å². The average Bonchev–Trinajstić information content (AvgIpc) is 3.39. The van der Waals surface area contributed by atoms with Crippen LogP contribution in [0.1, 0.15) is 46.1 Å². The number of nitrogens with zero attached hydrogens (tertiary/aromatic N) is 5. The van der Waals surface area contributed by atoms with Crippen LogP contribution in [0, 0.1) is 19.7 Å². The van der Waals surface area contributed by atoms with Gasteiger partial charge in [-0.05, 0) is 70.8 Å². The fourth-order valence-electron chi connectivity index (χ4n) is 4.01. The summed E-state index contributed by atoms with van der Waals surface area (Å²) in [5.74, 6) is 0.695. The highest BCUT2D eigenvalue weighted by Gasteiger charge is 2.23. The van der Waals surface area contributed by atoms with E-state index in [9.17, 15) is 9.18 Å². The Kier molecular flexibility index (Phi) is 7.52. The van der Waals surface area contributed by atoms with Gasteiger partial charge in [0.1, 0.15) is 5.82 Å². The minimum atomic E-state index is -0.306. The molecule has 0 spiro atoms. The number of rotatable bonds is 9. The maximum atomic E-state index is 13.6. The molecule has 0 saturated heterocycles. The highest BCUT2D eigenvalue weighted by atomic mass is 32.2. The van der Waals surface area contributed by atoms with Crippen molar-refractivity contribution >= 4 is 17.5 Å². The standard InChI is InChI=1S/C27H30FN5OS/c1-18-15-24(19(2)32(18)16-21-9-7-6-8-10-21)25(34)17-35-27-30-29-26(20(3)31(4)5)33(27)23-13-11-22(28)12-14-23/h6-15,20H,16-17H2,1-5H3. The summed E-state index contributed by atoms with van der Waals surface area (Å²) in [4.78, 5) is 15.3. The van der Waals surface area contributed by atoms with E-state index < -0.39 is 0 Å². The monoisotopic (exact) mass is 491 g/mol. The summed E-state index contributed by atoms with van der Waals surface area (Å²) >= 11 is 1.35. The van der Waals surface area contributed by atoms with Crippen molar-refractivity contribution in [3.05, 3.63) is 94.8 Å². The number of hydrogen-bond donors (Lipinski definition) is 0. The van der Waals surface area contributed by atoms with Gasteiger partial charge in [0.15, 0.2) is 16.8 Å². The average molecular weight is 492 g/mol. The molecule has 0 amide bonds. The second-order valence-corrected chi connectivity index (χ2v) is 9.80. The third-order valence-electron chi connectivity index (χ3n) is 6.28. The summed E-state index contributed by atoms with van der Waals surface area (Å²) in [6.07, 6.45) is 0. The van der Waals surface area contributed by atoms with Gasteiger partial charge in [-0.3, -0.25) is 14.3 Å². The van der Waals surface area contributed by atoms with Crippen LogP contribution in [0.15, 0.2) is 65.8 Å². The molecule has 2 aromatic carbocycles. The minimum Gasteiger partial charge on any atom is -0.344 e. The highest BCUT2D eigenvalue weighted by molar-refractivity contribution is 7.99. The minimum absolute atomic E-state index is 0.0190. The maximum Gasteiger partial charge on any atom is 0.196 e. The van der Waals surface area contributed by atoms with Gasteiger partial charge in [0.2, 0.25) is 0 Å². The van der Waals surface area contributed by atoms with Gasteiger partial charge in [-0.25, -0.2) is 4.39 Å². The molecule has 0 aliphatic rings. The van der Waals surface area contributed by atoms with Crippen LogP contribution in [0.4, 0.5) is 4.39 Å². The fraction of sp³-hybridized carbons (Fsp3) is 0.296. The van der Waals surface area contributed by atoms with Crippen LogP contribution in [0.5, 0.6) is 0 Å². The molecule has 0 bridgehead atoms. The lowest BCUT2D eigenvalue weighted by molar-refractivity contribution is 0.102. The summed E-state index contributed by atoms with van der Waals surface area (Å²) in [7, 11) is 3.94. The van der Waals surface area contributed by atoms with E-state index in [1.165, 1.54) is 29.5 Å². The number of thioether (sulfide) groups is 1. The Hall–Kier alpha value is -3.23. The molecule has 6 nitrogen and oxygen atoms in total. The van der Waals surface area contributed by atoms with Crippen LogP contribution in [0.25, 0.3) is 5.69 Å². The fourth-order valence-corrected chi connectivity index (χ4v) is 4.85. The van der Waals surface area contributed by atoms with E-state index in [-0.39, 0.29) is 23.4 Å². The summed E-state index contributed by atoms with van der Waals surface area (Å²) in [6.45, 7) is 6.78. The van der Waals surface area contributed by atoms with E-state index >= 15 is 0 Å². The van der Waals surface area contributed by atoms with Crippen molar-refractivity contribution in [2.45, 2.75) is 38.5 Å². The lowest BCUT2D eigenvalue weighted by Gasteiger charge is -2.20. The first-order chi connectivity index (χ1) is 16.8. The summed E-state index contributed by atoms with van der Waals surface area (Å²) in [6, 6.07) is 18.4. The predicted octanol–water partition coefficient (Wildman–Crippen LogP) is 5.47. The summed E-state index contributed by atoms with van der Waals surface area (Å²) in [5.41, 5.74) is 4.68. The molecule has 0 radical (unpaired) electrons. The predicted molar refractivity (Wildman–Crippen MR) is 138 cm³/mol. The van der Waals surface area contributed by atoms with Crippen molar-refractivity contribution in [1.82, 2.24) is 24.2 Å². The molecule has 4 rings (SSSR count). The van der Waals surface area contributed by atoms with Crippen molar-refractivity contribution in [3.63, 3.8) is 0 Å². The molecule has 182 valence electrons.